The van der Waals surface area contributed by atoms with Crippen LogP contribution in [0.4, 0.5) is 23.2 Å². The summed E-state index contributed by atoms with van der Waals surface area (Å²) in [5.74, 6) is -2.24. The van der Waals surface area contributed by atoms with Crippen molar-refractivity contribution >= 4 is 17.2 Å². The molecule has 0 atom stereocenters. The molecule has 0 saturated carbocycles. The van der Waals surface area contributed by atoms with Crippen LogP contribution in [0.2, 0.25) is 0 Å². The minimum atomic E-state index is -4.91. The molecule has 0 radical (unpaired) electrons. The summed E-state index contributed by atoms with van der Waals surface area (Å²) in [6, 6.07) is 16.1. The van der Waals surface area contributed by atoms with Crippen molar-refractivity contribution in [2.24, 2.45) is 0 Å². The van der Waals surface area contributed by atoms with Gasteiger partial charge in [-0.05, 0) is 48.5 Å². The van der Waals surface area contributed by atoms with Gasteiger partial charge in [-0.15, -0.1) is 0 Å². The Kier molecular flexibility index (Phi) is 5.48. The third-order valence-corrected chi connectivity index (χ3v) is 5.28. The molecule has 0 aliphatic heterocycles. The first-order valence-corrected chi connectivity index (χ1v) is 10.3. The molecule has 0 fully saturated rings. The zero-order chi connectivity index (χ0) is 24.6. The van der Waals surface area contributed by atoms with Crippen LogP contribution in [-0.2, 0) is 6.18 Å². The number of alkyl halides is 3. The van der Waals surface area contributed by atoms with Crippen molar-refractivity contribution in [3.05, 3.63) is 102 Å². The summed E-state index contributed by atoms with van der Waals surface area (Å²) in [4.78, 5) is 21.0. The van der Waals surface area contributed by atoms with E-state index in [1.807, 2.05) is 18.2 Å². The average Bonchev–Trinajstić information content (AvgIpc) is 3.29. The van der Waals surface area contributed by atoms with Gasteiger partial charge in [0.2, 0.25) is 0 Å². The van der Waals surface area contributed by atoms with Crippen LogP contribution < -0.4 is 5.32 Å². The quantitative estimate of drug-likeness (QED) is 0.329. The first kappa shape index (κ1) is 22.2. The maximum absolute atomic E-state index is 13.6. The SMILES string of the molecule is O=C(Nc1cccc(-c2ccnc3cc(-c4ccncc4)nn23)c1)c1ccc(F)c(C(F)(F)F)c1. The van der Waals surface area contributed by atoms with Crippen molar-refractivity contribution in [1.29, 1.82) is 0 Å². The number of nitrogens with zero attached hydrogens (tertiary/aromatic N) is 4. The Morgan fingerprint density at radius 1 is 0.886 bits per heavy atom. The van der Waals surface area contributed by atoms with Crippen LogP contribution in [0, 0.1) is 5.82 Å². The molecule has 0 saturated heterocycles. The lowest BCUT2D eigenvalue weighted by Gasteiger charge is -2.11. The lowest BCUT2D eigenvalue weighted by Crippen LogP contribution is -2.15. The van der Waals surface area contributed by atoms with E-state index >= 15 is 0 Å². The molecule has 6 nitrogen and oxygen atoms in total. The summed E-state index contributed by atoms with van der Waals surface area (Å²) in [6.07, 6.45) is 0.0499. The molecule has 0 bridgehead atoms. The van der Waals surface area contributed by atoms with Crippen molar-refractivity contribution in [3.8, 4) is 22.5 Å². The molecule has 3 heterocycles. The van der Waals surface area contributed by atoms with Gasteiger partial charge in [0.25, 0.3) is 5.91 Å². The zero-order valence-electron chi connectivity index (χ0n) is 17.8. The molecule has 1 N–H and O–H groups in total. The van der Waals surface area contributed by atoms with E-state index in [0.717, 1.165) is 11.6 Å². The Balaban J connectivity index is 1.46. The summed E-state index contributed by atoms with van der Waals surface area (Å²) in [7, 11) is 0. The average molecular weight is 477 g/mol. The second-order valence-electron chi connectivity index (χ2n) is 7.59. The van der Waals surface area contributed by atoms with Gasteiger partial charge in [0.15, 0.2) is 5.65 Å². The molecule has 0 aliphatic carbocycles. The van der Waals surface area contributed by atoms with E-state index in [0.29, 0.717) is 40.4 Å². The highest BCUT2D eigenvalue weighted by molar-refractivity contribution is 6.04. The van der Waals surface area contributed by atoms with Crippen LogP contribution in [-0.4, -0.2) is 25.5 Å². The lowest BCUT2D eigenvalue weighted by atomic mass is 10.1. The highest BCUT2D eigenvalue weighted by Crippen LogP contribution is 2.32. The van der Waals surface area contributed by atoms with Crippen LogP contribution in [0.3, 0.4) is 0 Å². The summed E-state index contributed by atoms with van der Waals surface area (Å²) in [6.45, 7) is 0. The fourth-order valence-electron chi connectivity index (χ4n) is 3.62. The Morgan fingerprint density at radius 3 is 2.46 bits per heavy atom. The normalized spacial score (nSPS) is 11.5. The predicted molar refractivity (Wildman–Crippen MR) is 121 cm³/mol. The summed E-state index contributed by atoms with van der Waals surface area (Å²) < 4.78 is 54.3. The Labute approximate surface area is 195 Å². The van der Waals surface area contributed by atoms with Gasteiger partial charge in [-0.2, -0.15) is 18.3 Å². The number of carbonyl (C=O) groups is 1. The molecule has 0 spiro atoms. The number of amides is 1. The van der Waals surface area contributed by atoms with Gasteiger partial charge in [0.1, 0.15) is 5.82 Å². The van der Waals surface area contributed by atoms with E-state index in [-0.39, 0.29) is 5.56 Å². The van der Waals surface area contributed by atoms with E-state index < -0.39 is 23.5 Å². The molecule has 1 amide bonds. The number of fused-ring (bicyclic) bond motifs is 1. The molecule has 5 rings (SSSR count). The highest BCUT2D eigenvalue weighted by atomic mass is 19.4. The molecule has 2 aromatic carbocycles. The lowest BCUT2D eigenvalue weighted by molar-refractivity contribution is -0.140. The van der Waals surface area contributed by atoms with Gasteiger partial charge < -0.3 is 5.32 Å². The first-order chi connectivity index (χ1) is 16.8. The monoisotopic (exact) mass is 477 g/mol. The fourth-order valence-corrected chi connectivity index (χ4v) is 3.62. The van der Waals surface area contributed by atoms with Gasteiger partial charge in [0, 0.05) is 47.0 Å². The van der Waals surface area contributed by atoms with Crippen LogP contribution in [0.25, 0.3) is 28.2 Å². The Bertz CT molecular complexity index is 1550. The minimum absolute atomic E-state index is 0.315. The number of pyridine rings is 1. The number of anilines is 1. The number of hydrogen-bond donors (Lipinski definition) is 1. The van der Waals surface area contributed by atoms with E-state index in [1.165, 1.54) is 0 Å². The topological polar surface area (TPSA) is 72.2 Å². The van der Waals surface area contributed by atoms with E-state index in [1.54, 1.807) is 53.4 Å². The standard InChI is InChI=1S/C25H15F4N5O/c26-20-5-4-17(13-19(20)25(27,28)29)24(35)32-18-3-1-2-16(12-18)22-8-11-31-23-14-21(33-34(22)23)15-6-9-30-10-7-15/h1-14H,(H,32,35). The van der Waals surface area contributed by atoms with Gasteiger partial charge in [-0.3, -0.25) is 9.78 Å². The summed E-state index contributed by atoms with van der Waals surface area (Å²) >= 11 is 0. The van der Waals surface area contributed by atoms with Crippen molar-refractivity contribution < 1.29 is 22.4 Å². The van der Waals surface area contributed by atoms with Crippen molar-refractivity contribution in [1.82, 2.24) is 19.6 Å². The second-order valence-corrected chi connectivity index (χ2v) is 7.59. The maximum Gasteiger partial charge on any atom is 0.419 e. The van der Waals surface area contributed by atoms with Crippen LogP contribution in [0.15, 0.2) is 85.3 Å². The molecular weight excluding hydrogens is 462 g/mol. The predicted octanol–water partition coefficient (Wildman–Crippen LogP) is 5.87. The van der Waals surface area contributed by atoms with Crippen LogP contribution >= 0.6 is 0 Å². The zero-order valence-corrected chi connectivity index (χ0v) is 17.8. The minimum Gasteiger partial charge on any atom is -0.322 e. The number of halogens is 4. The first-order valence-electron chi connectivity index (χ1n) is 10.3. The molecule has 35 heavy (non-hydrogen) atoms. The van der Waals surface area contributed by atoms with Gasteiger partial charge in [-0.25, -0.2) is 13.9 Å². The molecule has 5 aromatic rings. The van der Waals surface area contributed by atoms with Crippen molar-refractivity contribution in [2.75, 3.05) is 5.32 Å². The maximum atomic E-state index is 13.6. The van der Waals surface area contributed by atoms with Gasteiger partial charge in [0.05, 0.1) is 17.0 Å². The van der Waals surface area contributed by atoms with Crippen molar-refractivity contribution in [2.45, 2.75) is 6.18 Å². The summed E-state index contributed by atoms with van der Waals surface area (Å²) in [5.41, 5.74) is 2.09. The molecule has 174 valence electrons. The Morgan fingerprint density at radius 2 is 1.69 bits per heavy atom. The van der Waals surface area contributed by atoms with E-state index in [2.05, 4.69) is 20.4 Å². The fraction of sp³-hybridized carbons (Fsp3) is 0.0400. The van der Waals surface area contributed by atoms with Crippen molar-refractivity contribution in [3.63, 3.8) is 0 Å². The Hall–Kier alpha value is -4.60. The number of carbonyl (C=O) groups excluding carboxylic acids is 1. The molecule has 3 aromatic heterocycles. The smallest absolute Gasteiger partial charge is 0.322 e. The molecule has 0 unspecified atom stereocenters. The molecule has 10 heteroatoms. The third kappa shape index (κ3) is 4.45. The number of rotatable bonds is 4. The van der Waals surface area contributed by atoms with Gasteiger partial charge in [-0.1, -0.05) is 12.1 Å². The highest BCUT2D eigenvalue weighted by Gasteiger charge is 2.34. The van der Waals surface area contributed by atoms with Crippen LogP contribution in [0.5, 0.6) is 0 Å². The number of nitrogens with one attached hydrogen (secondary N) is 1. The summed E-state index contributed by atoms with van der Waals surface area (Å²) in [5, 5.41) is 7.20. The third-order valence-electron chi connectivity index (χ3n) is 5.28. The molecular formula is C25H15F4N5O. The largest absolute Gasteiger partial charge is 0.419 e. The number of benzene rings is 2. The van der Waals surface area contributed by atoms with E-state index in [4.69, 9.17) is 0 Å². The van der Waals surface area contributed by atoms with Gasteiger partial charge >= 0.3 is 6.18 Å². The number of aromatic nitrogens is 4. The number of hydrogen-bond acceptors (Lipinski definition) is 4. The second kappa shape index (κ2) is 8.64. The van der Waals surface area contributed by atoms with Crippen LogP contribution in [0.1, 0.15) is 15.9 Å². The van der Waals surface area contributed by atoms with E-state index in [9.17, 15) is 22.4 Å². The molecule has 0 aliphatic rings.